The van der Waals surface area contributed by atoms with Gasteiger partial charge in [0.15, 0.2) is 0 Å². The normalized spacial score (nSPS) is 13.1. The molecule has 1 N–H and O–H groups in total. The fraction of sp³-hybridized carbons (Fsp3) is 0.0455. The maximum atomic E-state index is 13.8. The monoisotopic (exact) mass is 542 g/mol. The molecule has 0 radical (unpaired) electrons. The molecular weight excluding hydrogens is 535 g/mol. The molecule has 3 aromatic carbocycles. The summed E-state index contributed by atoms with van der Waals surface area (Å²) < 4.78 is 67.0. The smallest absolute Gasteiger partial charge is 0.321 e. The van der Waals surface area contributed by atoms with Crippen LogP contribution in [-0.2, 0) is 6.18 Å². The third-order valence-electron chi connectivity index (χ3n) is 4.70. The summed E-state index contributed by atoms with van der Waals surface area (Å²) in [5, 5.41) is 2.47. The molecule has 0 saturated heterocycles. The lowest BCUT2D eigenvalue weighted by Gasteiger charge is -2.14. The van der Waals surface area contributed by atoms with Crippen LogP contribution >= 0.6 is 27.5 Å². The van der Waals surface area contributed by atoms with E-state index < -0.39 is 40.8 Å². The van der Waals surface area contributed by atoms with E-state index in [9.17, 15) is 31.5 Å². The largest absolute Gasteiger partial charge is 0.416 e. The van der Waals surface area contributed by atoms with Crippen molar-refractivity contribution in [2.75, 3.05) is 5.32 Å². The zero-order valence-electron chi connectivity index (χ0n) is 16.0. The second kappa shape index (κ2) is 8.35. The van der Waals surface area contributed by atoms with Gasteiger partial charge in [0.25, 0.3) is 11.8 Å². The maximum Gasteiger partial charge on any atom is 0.416 e. The van der Waals surface area contributed by atoms with Crippen LogP contribution in [0.4, 0.5) is 27.6 Å². The maximum absolute atomic E-state index is 13.8. The van der Waals surface area contributed by atoms with E-state index in [1.165, 1.54) is 18.2 Å². The zero-order chi connectivity index (χ0) is 24.1. The highest BCUT2D eigenvalue weighted by Crippen LogP contribution is 2.36. The number of alkyl halides is 3. The minimum absolute atomic E-state index is 0.0212. The Balaban J connectivity index is 1.80. The van der Waals surface area contributed by atoms with Crippen LogP contribution < -0.4 is 5.32 Å². The van der Waals surface area contributed by atoms with Crippen molar-refractivity contribution >= 4 is 50.7 Å². The number of hydrogen-bond donors (Lipinski definition) is 1. The third kappa shape index (κ3) is 4.53. The molecule has 0 atom stereocenters. The molecule has 3 aromatic rings. The first-order valence-electron chi connectivity index (χ1n) is 9.05. The van der Waals surface area contributed by atoms with Gasteiger partial charge in [-0.3, -0.25) is 9.59 Å². The van der Waals surface area contributed by atoms with E-state index in [0.717, 1.165) is 12.1 Å². The van der Waals surface area contributed by atoms with Crippen molar-refractivity contribution in [3.05, 3.63) is 97.5 Å². The minimum Gasteiger partial charge on any atom is -0.321 e. The summed E-state index contributed by atoms with van der Waals surface area (Å²) in [4.78, 5) is 29.1. The summed E-state index contributed by atoms with van der Waals surface area (Å²) in [6, 6.07) is 7.63. The number of amides is 2. The van der Waals surface area contributed by atoms with E-state index in [-0.39, 0.29) is 39.2 Å². The van der Waals surface area contributed by atoms with Crippen LogP contribution in [0.25, 0.3) is 0 Å². The first-order chi connectivity index (χ1) is 15.4. The molecule has 1 aliphatic rings. The van der Waals surface area contributed by atoms with Crippen molar-refractivity contribution in [1.29, 1.82) is 0 Å². The summed E-state index contributed by atoms with van der Waals surface area (Å²) in [7, 11) is 0. The lowest BCUT2D eigenvalue weighted by molar-refractivity contribution is -0.137. The molecule has 0 unspecified atom stereocenters. The van der Waals surface area contributed by atoms with E-state index in [1.807, 2.05) is 0 Å². The average molecular weight is 544 g/mol. The Hall–Kier alpha value is -3.11. The van der Waals surface area contributed by atoms with Gasteiger partial charge >= 0.3 is 6.18 Å². The van der Waals surface area contributed by atoms with Crippen LogP contribution in [0, 0.1) is 11.6 Å². The minimum atomic E-state index is -4.87. The summed E-state index contributed by atoms with van der Waals surface area (Å²) in [6.07, 6.45) is -4.87. The highest BCUT2D eigenvalue weighted by molar-refractivity contribution is 9.10. The van der Waals surface area contributed by atoms with Crippen molar-refractivity contribution < 1.29 is 31.5 Å². The molecule has 0 aliphatic carbocycles. The topological polar surface area (TPSA) is 58.5 Å². The zero-order valence-corrected chi connectivity index (χ0v) is 18.4. The van der Waals surface area contributed by atoms with Crippen LogP contribution in [0.15, 0.2) is 58.0 Å². The Labute approximate surface area is 196 Å². The number of rotatable bonds is 3. The van der Waals surface area contributed by atoms with E-state index in [4.69, 9.17) is 11.6 Å². The van der Waals surface area contributed by atoms with Crippen molar-refractivity contribution in [2.24, 2.45) is 4.99 Å². The van der Waals surface area contributed by atoms with Gasteiger partial charge in [-0.15, -0.1) is 0 Å². The third-order valence-corrected chi connectivity index (χ3v) is 5.49. The summed E-state index contributed by atoms with van der Waals surface area (Å²) in [5.41, 5.74) is -1.77. The molecule has 4 rings (SSSR count). The molecule has 1 aliphatic heterocycles. The molecular formula is C22H9BrClF5N2O2. The van der Waals surface area contributed by atoms with Crippen LogP contribution in [0.3, 0.4) is 0 Å². The molecule has 0 bridgehead atoms. The number of carbonyl (C=O) groups is 2. The van der Waals surface area contributed by atoms with Gasteiger partial charge in [-0.1, -0.05) is 27.5 Å². The number of benzene rings is 3. The van der Waals surface area contributed by atoms with Gasteiger partial charge in [-0.05, 0) is 48.5 Å². The van der Waals surface area contributed by atoms with E-state index in [0.29, 0.717) is 16.6 Å². The van der Waals surface area contributed by atoms with Crippen molar-refractivity contribution in [3.8, 4) is 0 Å². The first kappa shape index (κ1) is 23.1. The Morgan fingerprint density at radius 3 is 2.39 bits per heavy atom. The van der Waals surface area contributed by atoms with Gasteiger partial charge in [0.1, 0.15) is 11.6 Å². The van der Waals surface area contributed by atoms with Crippen LogP contribution in [0.5, 0.6) is 0 Å². The lowest BCUT2D eigenvalue weighted by atomic mass is 9.97. The molecule has 11 heteroatoms. The summed E-state index contributed by atoms with van der Waals surface area (Å²) >= 11 is 9.34. The number of anilines is 1. The highest BCUT2D eigenvalue weighted by atomic mass is 79.9. The fourth-order valence-corrected chi connectivity index (χ4v) is 3.96. The van der Waals surface area contributed by atoms with Gasteiger partial charge in [-0.2, -0.15) is 13.2 Å². The second-order valence-corrected chi connectivity index (χ2v) is 8.27. The molecule has 2 amide bonds. The van der Waals surface area contributed by atoms with Gasteiger partial charge < -0.3 is 5.32 Å². The second-order valence-electron chi connectivity index (χ2n) is 6.95. The SMILES string of the molecule is O=C(Nc1cc(Br)cc2c1C(c1cc(F)ccc1Cl)=NC2=O)c1cc(F)cc(C(F)(F)F)c1. The van der Waals surface area contributed by atoms with Gasteiger partial charge in [-0.25, -0.2) is 13.8 Å². The molecule has 0 saturated carbocycles. The van der Waals surface area contributed by atoms with Gasteiger partial charge in [0.05, 0.1) is 27.5 Å². The average Bonchev–Trinajstić information content (AvgIpc) is 3.05. The van der Waals surface area contributed by atoms with Crippen LogP contribution in [0.2, 0.25) is 5.02 Å². The number of nitrogens with zero attached hydrogens (tertiary/aromatic N) is 1. The number of fused-ring (bicyclic) bond motifs is 1. The number of nitrogens with one attached hydrogen (secondary N) is 1. The van der Waals surface area contributed by atoms with Crippen LogP contribution in [-0.4, -0.2) is 17.5 Å². The van der Waals surface area contributed by atoms with Gasteiger partial charge in [0.2, 0.25) is 0 Å². The van der Waals surface area contributed by atoms with Crippen molar-refractivity contribution in [1.82, 2.24) is 0 Å². The molecule has 0 fully saturated rings. The van der Waals surface area contributed by atoms with E-state index in [2.05, 4.69) is 26.2 Å². The first-order valence-corrected chi connectivity index (χ1v) is 10.2. The molecule has 168 valence electrons. The Kier molecular flexibility index (Phi) is 5.83. The summed E-state index contributed by atoms with van der Waals surface area (Å²) in [5.74, 6) is -3.66. The molecule has 4 nitrogen and oxygen atoms in total. The van der Waals surface area contributed by atoms with Crippen LogP contribution in [0.1, 0.15) is 37.4 Å². The Morgan fingerprint density at radius 1 is 0.970 bits per heavy atom. The van der Waals surface area contributed by atoms with Crippen molar-refractivity contribution in [3.63, 3.8) is 0 Å². The molecule has 33 heavy (non-hydrogen) atoms. The van der Waals surface area contributed by atoms with E-state index >= 15 is 0 Å². The number of hydrogen-bond acceptors (Lipinski definition) is 2. The molecule has 1 heterocycles. The van der Waals surface area contributed by atoms with E-state index in [1.54, 1.807) is 0 Å². The fourth-order valence-electron chi connectivity index (χ4n) is 3.30. The Bertz CT molecular complexity index is 1370. The highest BCUT2D eigenvalue weighted by Gasteiger charge is 2.33. The number of halogens is 7. The predicted octanol–water partition coefficient (Wildman–Crippen LogP) is 6.64. The predicted molar refractivity (Wildman–Crippen MR) is 115 cm³/mol. The van der Waals surface area contributed by atoms with Gasteiger partial charge in [0, 0.05) is 21.2 Å². The molecule has 0 spiro atoms. The quantitative estimate of drug-likeness (QED) is 0.377. The number of aliphatic imine (C=N–C) groups is 1. The Morgan fingerprint density at radius 2 is 1.70 bits per heavy atom. The standard InChI is InChI=1S/C22H9BrClF5N2O2/c23-11-6-15-18(19(31-21(15)33)14-8-12(25)1-2-16(14)24)17(7-11)30-20(32)9-3-10(22(27,28)29)5-13(26)4-9/h1-8H,(H,30,32). The molecule has 0 aromatic heterocycles. The number of carbonyl (C=O) groups excluding carboxylic acids is 2. The lowest BCUT2D eigenvalue weighted by Crippen LogP contribution is -2.17. The van der Waals surface area contributed by atoms with Crippen molar-refractivity contribution in [2.45, 2.75) is 6.18 Å². The summed E-state index contributed by atoms with van der Waals surface area (Å²) in [6.45, 7) is 0.